The molecule has 0 spiro atoms. The van der Waals surface area contributed by atoms with Gasteiger partial charge in [0.05, 0.1) is 17.4 Å². The number of amides is 1. The molecule has 1 aromatic heterocycles. The van der Waals surface area contributed by atoms with Gasteiger partial charge in [-0.2, -0.15) is 4.68 Å². The fraction of sp³-hybridized carbons (Fsp3) is 0.231. The molecule has 1 amide bonds. The zero-order chi connectivity index (χ0) is 14.7. The molecule has 1 heterocycles. The fourth-order valence-corrected chi connectivity index (χ4v) is 1.76. The monoisotopic (exact) mass is 274 g/mol. The van der Waals surface area contributed by atoms with Crippen molar-refractivity contribution in [1.29, 1.82) is 0 Å². The summed E-state index contributed by atoms with van der Waals surface area (Å²) in [6.07, 6.45) is 1.40. The number of nitro groups is 1. The van der Waals surface area contributed by atoms with Gasteiger partial charge in [0.1, 0.15) is 6.54 Å². The molecule has 104 valence electrons. The average molecular weight is 274 g/mol. The van der Waals surface area contributed by atoms with Crippen LogP contribution in [0.2, 0.25) is 0 Å². The van der Waals surface area contributed by atoms with E-state index in [1.54, 1.807) is 0 Å². The van der Waals surface area contributed by atoms with Gasteiger partial charge in [0.15, 0.2) is 0 Å². The first-order valence-electron chi connectivity index (χ1n) is 6.01. The second-order valence-electron chi connectivity index (χ2n) is 4.42. The summed E-state index contributed by atoms with van der Waals surface area (Å²) in [5, 5.41) is 17.0. The lowest BCUT2D eigenvalue weighted by Crippen LogP contribution is -2.19. The maximum absolute atomic E-state index is 11.9. The van der Waals surface area contributed by atoms with Gasteiger partial charge in [-0.3, -0.25) is 4.79 Å². The van der Waals surface area contributed by atoms with Gasteiger partial charge in [-0.15, -0.1) is 0 Å². The first-order chi connectivity index (χ1) is 9.47. The zero-order valence-corrected chi connectivity index (χ0v) is 11.2. The van der Waals surface area contributed by atoms with E-state index in [-0.39, 0.29) is 18.3 Å². The Balaban J connectivity index is 2.05. The number of hydrogen-bond donors (Lipinski definition) is 1. The van der Waals surface area contributed by atoms with Crippen molar-refractivity contribution in [1.82, 2.24) is 9.78 Å². The van der Waals surface area contributed by atoms with Gasteiger partial charge in [-0.25, -0.2) is 0 Å². The summed E-state index contributed by atoms with van der Waals surface area (Å²) in [5.41, 5.74) is 2.81. The molecule has 0 radical (unpaired) electrons. The van der Waals surface area contributed by atoms with Crippen molar-refractivity contribution < 1.29 is 9.72 Å². The zero-order valence-electron chi connectivity index (χ0n) is 11.2. The van der Waals surface area contributed by atoms with E-state index < -0.39 is 4.92 Å². The summed E-state index contributed by atoms with van der Waals surface area (Å²) in [5.74, 6) is -0.554. The molecule has 0 fully saturated rings. The predicted octanol–water partition coefficient (Wildman–Crippen LogP) is 2.05. The highest BCUT2D eigenvalue weighted by molar-refractivity contribution is 5.91. The molecule has 0 bridgehead atoms. The molecule has 7 nitrogen and oxygen atoms in total. The van der Waals surface area contributed by atoms with Crippen LogP contribution in [0, 0.1) is 24.0 Å². The maximum Gasteiger partial charge on any atom is 0.389 e. The molecule has 1 aromatic carbocycles. The molecular weight excluding hydrogens is 260 g/mol. The highest BCUT2D eigenvalue weighted by Crippen LogP contribution is 2.17. The van der Waals surface area contributed by atoms with Crippen molar-refractivity contribution in [3.63, 3.8) is 0 Å². The molecular formula is C13H14N4O3. The van der Waals surface area contributed by atoms with Gasteiger partial charge in [0, 0.05) is 5.69 Å². The summed E-state index contributed by atoms with van der Waals surface area (Å²) in [7, 11) is 0. The third-order valence-electron chi connectivity index (χ3n) is 3.00. The second kappa shape index (κ2) is 5.52. The summed E-state index contributed by atoms with van der Waals surface area (Å²) in [6.45, 7) is 3.81. The molecule has 0 saturated carbocycles. The number of carbonyl (C=O) groups excluding carboxylic acids is 1. The van der Waals surface area contributed by atoms with Crippen molar-refractivity contribution in [3.05, 3.63) is 51.7 Å². The molecule has 7 heteroatoms. The van der Waals surface area contributed by atoms with Gasteiger partial charge < -0.3 is 15.4 Å². The number of nitrogens with zero attached hydrogens (tertiary/aromatic N) is 3. The minimum absolute atomic E-state index is 0.0682. The van der Waals surface area contributed by atoms with Gasteiger partial charge in [0.25, 0.3) is 0 Å². The summed E-state index contributed by atoms with van der Waals surface area (Å²) in [6, 6.07) is 6.88. The molecule has 1 N–H and O–H groups in total. The Morgan fingerprint density at radius 3 is 2.80 bits per heavy atom. The number of rotatable bonds is 4. The molecule has 20 heavy (non-hydrogen) atoms. The second-order valence-corrected chi connectivity index (χ2v) is 4.42. The van der Waals surface area contributed by atoms with Gasteiger partial charge >= 0.3 is 5.82 Å². The van der Waals surface area contributed by atoms with Gasteiger partial charge in [-0.05, 0) is 36.0 Å². The number of carbonyl (C=O) groups is 1. The Morgan fingerprint density at radius 2 is 2.15 bits per heavy atom. The van der Waals surface area contributed by atoms with E-state index in [9.17, 15) is 14.9 Å². The number of nitrogens with one attached hydrogen (secondary N) is 1. The maximum atomic E-state index is 11.9. The number of aryl methyl sites for hydroxylation is 1. The number of aromatic nitrogens is 2. The topological polar surface area (TPSA) is 90.1 Å². The minimum atomic E-state index is -0.598. The van der Waals surface area contributed by atoms with Crippen LogP contribution >= 0.6 is 0 Å². The van der Waals surface area contributed by atoms with Crippen molar-refractivity contribution in [2.24, 2.45) is 0 Å². The lowest BCUT2D eigenvalue weighted by Gasteiger charge is -2.09. The SMILES string of the molecule is Cc1cccc(NC(=O)Cn2ccc([N+](=O)[O-])n2)c1C. The van der Waals surface area contributed by atoms with Gasteiger partial charge in [0.2, 0.25) is 5.91 Å². The van der Waals surface area contributed by atoms with Crippen molar-refractivity contribution in [3.8, 4) is 0 Å². The van der Waals surface area contributed by atoms with Crippen molar-refractivity contribution in [2.45, 2.75) is 20.4 Å². The Hall–Kier alpha value is -2.70. The van der Waals surface area contributed by atoms with Crippen LogP contribution in [0.1, 0.15) is 11.1 Å². The smallest absolute Gasteiger partial charge is 0.358 e. The molecule has 2 aromatic rings. The molecule has 0 aliphatic rings. The molecule has 0 unspecified atom stereocenters. The largest absolute Gasteiger partial charge is 0.389 e. The quantitative estimate of drug-likeness (QED) is 0.682. The van der Waals surface area contributed by atoms with Gasteiger partial charge in [-0.1, -0.05) is 12.1 Å². The molecule has 0 aliphatic carbocycles. The summed E-state index contributed by atoms with van der Waals surface area (Å²) < 4.78 is 1.23. The van der Waals surface area contributed by atoms with Crippen LogP contribution in [0.15, 0.2) is 30.5 Å². The van der Waals surface area contributed by atoms with Crippen LogP contribution in [-0.4, -0.2) is 20.6 Å². The number of anilines is 1. The van der Waals surface area contributed by atoms with Crippen molar-refractivity contribution in [2.75, 3.05) is 5.32 Å². The van der Waals surface area contributed by atoms with E-state index in [0.29, 0.717) is 0 Å². The standard InChI is InChI=1S/C13H14N4O3/c1-9-4-3-5-11(10(9)2)14-13(18)8-16-7-6-12(15-16)17(19)20/h3-7H,8H2,1-2H3,(H,14,18). The predicted molar refractivity (Wildman–Crippen MR) is 73.4 cm³/mol. The molecule has 0 aliphatic heterocycles. The molecule has 2 rings (SSSR count). The first-order valence-corrected chi connectivity index (χ1v) is 6.01. The normalized spacial score (nSPS) is 10.3. The fourth-order valence-electron chi connectivity index (χ4n) is 1.76. The lowest BCUT2D eigenvalue weighted by molar-refractivity contribution is -0.389. The summed E-state index contributed by atoms with van der Waals surface area (Å²) >= 11 is 0. The minimum Gasteiger partial charge on any atom is -0.358 e. The van der Waals surface area contributed by atoms with E-state index in [4.69, 9.17) is 0 Å². The van der Waals surface area contributed by atoms with Crippen LogP contribution in [0.5, 0.6) is 0 Å². The number of hydrogen-bond acceptors (Lipinski definition) is 4. The Labute approximate surface area is 115 Å². The van der Waals surface area contributed by atoms with Crippen LogP contribution < -0.4 is 5.32 Å². The van der Waals surface area contributed by atoms with E-state index >= 15 is 0 Å². The Bertz CT molecular complexity index is 663. The van der Waals surface area contributed by atoms with Crippen molar-refractivity contribution >= 4 is 17.4 Å². The Morgan fingerprint density at radius 1 is 1.40 bits per heavy atom. The third-order valence-corrected chi connectivity index (χ3v) is 3.00. The molecule has 0 atom stereocenters. The van der Waals surface area contributed by atoms with Crippen LogP contribution in [0.25, 0.3) is 0 Å². The first kappa shape index (κ1) is 13.7. The molecule has 0 saturated heterocycles. The van der Waals surface area contributed by atoms with E-state index in [1.165, 1.54) is 16.9 Å². The van der Waals surface area contributed by atoms with Crippen LogP contribution in [-0.2, 0) is 11.3 Å². The summed E-state index contributed by atoms with van der Waals surface area (Å²) in [4.78, 5) is 21.8. The van der Waals surface area contributed by atoms with Crippen LogP contribution in [0.3, 0.4) is 0 Å². The van der Waals surface area contributed by atoms with E-state index in [0.717, 1.165) is 16.8 Å². The Kier molecular flexibility index (Phi) is 3.79. The lowest BCUT2D eigenvalue weighted by atomic mass is 10.1. The van der Waals surface area contributed by atoms with E-state index in [1.807, 2.05) is 32.0 Å². The third kappa shape index (κ3) is 3.00. The average Bonchev–Trinajstić information content (AvgIpc) is 2.83. The highest BCUT2D eigenvalue weighted by Gasteiger charge is 2.14. The highest BCUT2D eigenvalue weighted by atomic mass is 16.6. The number of benzene rings is 1. The van der Waals surface area contributed by atoms with Crippen LogP contribution in [0.4, 0.5) is 11.5 Å². The van der Waals surface area contributed by atoms with E-state index in [2.05, 4.69) is 10.4 Å².